The van der Waals surface area contributed by atoms with Gasteiger partial charge in [-0.1, -0.05) is 19.1 Å². The largest absolute Gasteiger partial charge is 0.393 e. The minimum absolute atomic E-state index is 0.141. The molecule has 0 saturated carbocycles. The lowest BCUT2D eigenvalue weighted by molar-refractivity contribution is -0.153. The van der Waals surface area contributed by atoms with Crippen LogP contribution in [0.5, 0.6) is 0 Å². The van der Waals surface area contributed by atoms with Gasteiger partial charge in [-0.2, -0.15) is 0 Å². The summed E-state index contributed by atoms with van der Waals surface area (Å²) in [6.07, 6.45) is 4.58. The summed E-state index contributed by atoms with van der Waals surface area (Å²) in [4.78, 5) is 22.2. The maximum Gasteiger partial charge on any atom is 0.318 e. The Labute approximate surface area is 70.4 Å². The van der Waals surface area contributed by atoms with Crippen LogP contribution < -0.4 is 0 Å². The summed E-state index contributed by atoms with van der Waals surface area (Å²) in [7, 11) is 0. The first-order valence-electron chi connectivity index (χ1n) is 4.12. The molecule has 0 N–H and O–H groups in total. The van der Waals surface area contributed by atoms with Crippen molar-refractivity contribution < 1.29 is 14.3 Å². The summed E-state index contributed by atoms with van der Waals surface area (Å²) < 4.78 is 4.56. The van der Waals surface area contributed by atoms with Crippen molar-refractivity contribution in [3.63, 3.8) is 0 Å². The lowest BCUT2D eigenvalue weighted by atomic mass is 9.78. The van der Waals surface area contributed by atoms with Crippen LogP contribution in [0.1, 0.15) is 13.3 Å². The zero-order chi connectivity index (χ0) is 8.72. The molecule has 1 saturated heterocycles. The molecule has 12 heavy (non-hydrogen) atoms. The second kappa shape index (κ2) is 2.44. The fourth-order valence-corrected chi connectivity index (χ4v) is 1.94. The summed E-state index contributed by atoms with van der Waals surface area (Å²) in [5, 5.41) is 0. The second-order valence-electron chi connectivity index (χ2n) is 3.40. The monoisotopic (exact) mass is 166 g/mol. The molecule has 0 aromatic carbocycles. The van der Waals surface area contributed by atoms with Crippen molar-refractivity contribution >= 4 is 11.9 Å². The first-order valence-corrected chi connectivity index (χ1v) is 4.12. The van der Waals surface area contributed by atoms with Crippen molar-refractivity contribution in [3.05, 3.63) is 12.2 Å². The molecule has 1 aliphatic carbocycles. The van der Waals surface area contributed by atoms with E-state index in [1.807, 2.05) is 19.1 Å². The van der Waals surface area contributed by atoms with E-state index >= 15 is 0 Å². The van der Waals surface area contributed by atoms with Gasteiger partial charge >= 0.3 is 11.9 Å². The molecule has 0 amide bonds. The van der Waals surface area contributed by atoms with Gasteiger partial charge < -0.3 is 4.74 Å². The van der Waals surface area contributed by atoms with Gasteiger partial charge in [0, 0.05) is 0 Å². The topological polar surface area (TPSA) is 43.4 Å². The number of ether oxygens (including phenoxy) is 1. The average molecular weight is 166 g/mol. The number of hydrogen-bond donors (Lipinski definition) is 0. The Morgan fingerprint density at radius 1 is 1.42 bits per heavy atom. The molecule has 64 valence electrons. The number of fused-ring (bicyclic) bond motifs is 1. The van der Waals surface area contributed by atoms with Crippen molar-refractivity contribution in [1.82, 2.24) is 0 Å². The average Bonchev–Trinajstić information content (AvgIpc) is 2.29. The Kier molecular flexibility index (Phi) is 1.53. The van der Waals surface area contributed by atoms with E-state index in [1.165, 1.54) is 0 Å². The van der Waals surface area contributed by atoms with Crippen molar-refractivity contribution in [3.8, 4) is 0 Å². The summed E-state index contributed by atoms with van der Waals surface area (Å²) >= 11 is 0. The maximum atomic E-state index is 11.2. The van der Waals surface area contributed by atoms with E-state index in [-0.39, 0.29) is 29.7 Å². The molecular weight excluding hydrogens is 156 g/mol. The minimum atomic E-state index is -0.346. The fraction of sp³-hybridized carbons (Fsp3) is 0.556. The Balaban J connectivity index is 2.32. The molecule has 3 heteroatoms. The molecule has 0 radical (unpaired) electrons. The molecule has 1 heterocycles. The van der Waals surface area contributed by atoms with Gasteiger partial charge in [0.05, 0.1) is 11.8 Å². The predicted octanol–water partition coefficient (Wildman–Crippen LogP) is 0.898. The van der Waals surface area contributed by atoms with Gasteiger partial charge in [0.15, 0.2) is 0 Å². The van der Waals surface area contributed by atoms with Gasteiger partial charge in [0.1, 0.15) is 0 Å². The number of esters is 2. The molecule has 0 spiro atoms. The molecule has 3 nitrogen and oxygen atoms in total. The SMILES string of the molecule is C[C@H]1C=CC[C@H]2C(=O)OC(=O)[C@@H]12. The van der Waals surface area contributed by atoms with Gasteiger partial charge in [0.25, 0.3) is 0 Å². The normalized spacial score (nSPS) is 39.6. The van der Waals surface area contributed by atoms with Crippen LogP contribution in [0.3, 0.4) is 0 Å². The van der Waals surface area contributed by atoms with E-state index < -0.39 is 0 Å². The third-order valence-electron chi connectivity index (χ3n) is 2.61. The molecular formula is C9H10O3. The molecule has 2 aliphatic rings. The highest BCUT2D eigenvalue weighted by atomic mass is 16.6. The van der Waals surface area contributed by atoms with E-state index in [0.29, 0.717) is 6.42 Å². The lowest BCUT2D eigenvalue weighted by Gasteiger charge is -2.20. The van der Waals surface area contributed by atoms with E-state index in [0.717, 1.165) is 0 Å². The number of hydrogen-bond acceptors (Lipinski definition) is 3. The van der Waals surface area contributed by atoms with Crippen LogP contribution in [-0.4, -0.2) is 11.9 Å². The molecule has 0 unspecified atom stereocenters. The van der Waals surface area contributed by atoms with Gasteiger partial charge in [-0.05, 0) is 12.3 Å². The number of cyclic esters (lactones) is 2. The summed E-state index contributed by atoms with van der Waals surface area (Å²) in [6.45, 7) is 1.94. The van der Waals surface area contributed by atoms with Crippen LogP contribution in [0.2, 0.25) is 0 Å². The van der Waals surface area contributed by atoms with Crippen molar-refractivity contribution in [1.29, 1.82) is 0 Å². The number of allylic oxidation sites excluding steroid dienone is 2. The first-order chi connectivity index (χ1) is 5.70. The quantitative estimate of drug-likeness (QED) is 0.305. The van der Waals surface area contributed by atoms with Gasteiger partial charge in [0.2, 0.25) is 0 Å². The molecule has 1 aliphatic heterocycles. The number of rotatable bonds is 0. The Hall–Kier alpha value is -1.12. The Morgan fingerprint density at radius 3 is 2.83 bits per heavy atom. The van der Waals surface area contributed by atoms with E-state index in [4.69, 9.17) is 0 Å². The predicted molar refractivity (Wildman–Crippen MR) is 41.0 cm³/mol. The van der Waals surface area contributed by atoms with E-state index in [9.17, 15) is 9.59 Å². The summed E-state index contributed by atoms with van der Waals surface area (Å²) in [6, 6.07) is 0. The zero-order valence-corrected chi connectivity index (χ0v) is 6.82. The van der Waals surface area contributed by atoms with Crippen molar-refractivity contribution in [2.24, 2.45) is 17.8 Å². The van der Waals surface area contributed by atoms with E-state index in [1.54, 1.807) is 0 Å². The smallest absolute Gasteiger partial charge is 0.318 e. The maximum absolute atomic E-state index is 11.2. The Bertz CT molecular complexity index is 267. The van der Waals surface area contributed by atoms with Crippen LogP contribution in [0, 0.1) is 17.8 Å². The van der Waals surface area contributed by atoms with Gasteiger partial charge in [-0.15, -0.1) is 0 Å². The standard InChI is InChI=1S/C9H10O3/c1-5-3-2-4-6-7(5)9(11)12-8(6)10/h2-3,5-7H,4H2,1H3/t5-,6+,7-/m0/s1. The molecule has 0 aromatic heterocycles. The highest BCUT2D eigenvalue weighted by Gasteiger charge is 2.46. The Morgan fingerprint density at radius 2 is 2.17 bits per heavy atom. The van der Waals surface area contributed by atoms with Crippen LogP contribution in [-0.2, 0) is 14.3 Å². The van der Waals surface area contributed by atoms with Gasteiger partial charge in [-0.25, -0.2) is 0 Å². The van der Waals surface area contributed by atoms with E-state index in [2.05, 4.69) is 4.74 Å². The number of carbonyl (C=O) groups excluding carboxylic acids is 2. The third kappa shape index (κ3) is 0.891. The van der Waals surface area contributed by atoms with Crippen molar-refractivity contribution in [2.75, 3.05) is 0 Å². The van der Waals surface area contributed by atoms with Crippen LogP contribution >= 0.6 is 0 Å². The van der Waals surface area contributed by atoms with Crippen molar-refractivity contribution in [2.45, 2.75) is 13.3 Å². The minimum Gasteiger partial charge on any atom is -0.393 e. The van der Waals surface area contributed by atoms with Crippen LogP contribution in [0.25, 0.3) is 0 Å². The molecule has 1 fully saturated rings. The second-order valence-corrected chi connectivity index (χ2v) is 3.40. The summed E-state index contributed by atoms with van der Waals surface area (Å²) in [5.74, 6) is -0.981. The molecule has 0 aromatic rings. The highest BCUT2D eigenvalue weighted by molar-refractivity contribution is 5.97. The third-order valence-corrected chi connectivity index (χ3v) is 2.61. The first kappa shape index (κ1) is 7.53. The van der Waals surface area contributed by atoms with Crippen LogP contribution in [0.4, 0.5) is 0 Å². The highest BCUT2D eigenvalue weighted by Crippen LogP contribution is 2.36. The summed E-state index contributed by atoms with van der Waals surface area (Å²) in [5.41, 5.74) is 0. The molecule has 3 atom stereocenters. The van der Waals surface area contributed by atoms with Crippen LogP contribution in [0.15, 0.2) is 12.2 Å². The number of carbonyl (C=O) groups is 2. The zero-order valence-electron chi connectivity index (χ0n) is 6.82. The molecule has 2 rings (SSSR count). The lowest BCUT2D eigenvalue weighted by Crippen LogP contribution is -2.25. The fourth-order valence-electron chi connectivity index (χ4n) is 1.94. The van der Waals surface area contributed by atoms with Gasteiger partial charge in [-0.3, -0.25) is 9.59 Å². The molecule has 0 bridgehead atoms.